The number of carbonyl (C=O) groups is 1. The van der Waals surface area contributed by atoms with Gasteiger partial charge in [0.1, 0.15) is 17.1 Å². The van der Waals surface area contributed by atoms with Gasteiger partial charge in [-0.15, -0.1) is 0 Å². The summed E-state index contributed by atoms with van der Waals surface area (Å²) in [5.74, 6) is 2.04. The van der Waals surface area contributed by atoms with Gasteiger partial charge in [-0.25, -0.2) is 18.1 Å². The molecule has 61 heavy (non-hydrogen) atoms. The predicted molar refractivity (Wildman–Crippen MR) is 240 cm³/mol. The first-order valence-electron chi connectivity index (χ1n) is 22.5. The van der Waals surface area contributed by atoms with Crippen LogP contribution in [-0.2, 0) is 14.8 Å². The summed E-state index contributed by atoms with van der Waals surface area (Å²) in [5.41, 5.74) is 6.94. The Labute approximate surface area is 359 Å². The fourth-order valence-corrected chi connectivity index (χ4v) is 11.8. The van der Waals surface area contributed by atoms with Crippen LogP contribution in [0, 0.1) is 24.2 Å². The third kappa shape index (κ3) is 8.58. The molecule has 2 aromatic heterocycles. The van der Waals surface area contributed by atoms with Crippen molar-refractivity contribution in [1.82, 2.24) is 14.7 Å². The number of sulfonamides is 1. The van der Waals surface area contributed by atoms with Gasteiger partial charge in [-0.2, -0.15) is 0 Å². The molecule has 3 N–H and O–H groups in total. The van der Waals surface area contributed by atoms with Crippen LogP contribution < -0.4 is 24.6 Å². The maximum Gasteiger partial charge on any atom is 0.268 e. The SMILES string of the molecule is Cc1cc(S(=O)(=O)NC(=O)c2ccc(N3CCC4(CC3)CC(CC3CCCN3c3ccccc3C3CC3)C4)cc2Oc2cnc3[nH]ccc3c2)ccc1NCC1CCOCC1. The summed E-state index contributed by atoms with van der Waals surface area (Å²) in [7, 11) is -4.20. The lowest BCUT2D eigenvalue weighted by molar-refractivity contribution is 0.0203. The van der Waals surface area contributed by atoms with Crippen LogP contribution in [0.1, 0.15) is 98.0 Å². The summed E-state index contributed by atoms with van der Waals surface area (Å²) < 4.78 is 41.6. The molecule has 12 heteroatoms. The number of benzene rings is 3. The van der Waals surface area contributed by atoms with Gasteiger partial charge in [0.25, 0.3) is 15.9 Å². The molecule has 0 bridgehead atoms. The second-order valence-corrected chi connectivity index (χ2v) is 20.2. The molecule has 0 radical (unpaired) electrons. The zero-order chi connectivity index (χ0) is 41.6. The van der Waals surface area contributed by atoms with E-state index in [1.54, 1.807) is 36.0 Å². The van der Waals surface area contributed by atoms with Gasteiger partial charge in [0.15, 0.2) is 0 Å². The van der Waals surface area contributed by atoms with E-state index >= 15 is 0 Å². The van der Waals surface area contributed by atoms with E-state index in [-0.39, 0.29) is 16.2 Å². The van der Waals surface area contributed by atoms with Gasteiger partial charge in [-0.1, -0.05) is 18.2 Å². The molecule has 3 saturated heterocycles. The number of carbonyl (C=O) groups excluding carboxylic acids is 1. The molecular weight excluding hydrogens is 785 g/mol. The Morgan fingerprint density at radius 3 is 2.56 bits per heavy atom. The highest BCUT2D eigenvalue weighted by Gasteiger charge is 2.47. The normalized spacial score (nSPS) is 20.8. The number of para-hydroxylation sites is 1. The fraction of sp³-hybridized carbons (Fsp3) is 0.469. The Morgan fingerprint density at radius 1 is 0.934 bits per heavy atom. The van der Waals surface area contributed by atoms with Gasteiger partial charge >= 0.3 is 0 Å². The number of ether oxygens (including phenoxy) is 2. The zero-order valence-electron chi connectivity index (χ0n) is 35.2. The van der Waals surface area contributed by atoms with Crippen LogP contribution in [0.2, 0.25) is 0 Å². The number of piperidine rings is 1. The first kappa shape index (κ1) is 40.0. The van der Waals surface area contributed by atoms with Crippen molar-refractivity contribution in [3.05, 3.63) is 102 Å². The Balaban J connectivity index is 0.807. The number of anilines is 3. The van der Waals surface area contributed by atoms with Crippen molar-refractivity contribution < 1.29 is 22.7 Å². The third-order valence-corrected chi connectivity index (χ3v) is 15.7. The molecule has 5 aromatic rings. The van der Waals surface area contributed by atoms with Crippen LogP contribution in [-0.4, -0.2) is 69.7 Å². The van der Waals surface area contributed by atoms with Gasteiger partial charge in [-0.05, 0) is 160 Å². The number of hydrogen-bond acceptors (Lipinski definition) is 9. The van der Waals surface area contributed by atoms with E-state index in [0.717, 1.165) is 98.3 Å². The second-order valence-electron chi connectivity index (χ2n) is 18.5. The van der Waals surface area contributed by atoms with Crippen molar-refractivity contribution in [3.8, 4) is 11.5 Å². The molecule has 3 aliphatic heterocycles. The number of pyridine rings is 1. The summed E-state index contributed by atoms with van der Waals surface area (Å²) in [5, 5.41) is 4.34. The predicted octanol–water partition coefficient (Wildman–Crippen LogP) is 9.55. The van der Waals surface area contributed by atoms with E-state index in [9.17, 15) is 13.2 Å². The van der Waals surface area contributed by atoms with E-state index in [1.807, 2.05) is 37.4 Å². The molecule has 1 spiro atoms. The van der Waals surface area contributed by atoms with Crippen LogP contribution in [0.5, 0.6) is 11.5 Å². The molecule has 11 nitrogen and oxygen atoms in total. The molecule has 320 valence electrons. The minimum atomic E-state index is -4.20. The van der Waals surface area contributed by atoms with E-state index < -0.39 is 15.9 Å². The number of nitrogens with zero attached hydrogens (tertiary/aromatic N) is 3. The largest absolute Gasteiger partial charge is 0.455 e. The van der Waals surface area contributed by atoms with E-state index in [2.05, 4.69) is 54.1 Å². The van der Waals surface area contributed by atoms with Crippen LogP contribution >= 0.6 is 0 Å². The first-order valence-corrected chi connectivity index (χ1v) is 24.0. The van der Waals surface area contributed by atoms with Gasteiger partial charge in [0.2, 0.25) is 0 Å². The number of hydrogen-bond donors (Lipinski definition) is 3. The molecular formula is C49H58N6O5S. The molecule has 1 amide bonds. The van der Waals surface area contributed by atoms with Crippen molar-refractivity contribution in [2.24, 2.45) is 17.3 Å². The van der Waals surface area contributed by atoms with E-state index in [4.69, 9.17) is 9.47 Å². The molecule has 3 aromatic carbocycles. The number of rotatable bonds is 13. The van der Waals surface area contributed by atoms with E-state index in [1.165, 1.54) is 57.2 Å². The molecule has 1 atom stereocenters. The molecule has 2 aliphatic carbocycles. The van der Waals surface area contributed by atoms with Gasteiger partial charge < -0.3 is 29.6 Å². The lowest BCUT2D eigenvalue weighted by atomic mass is 9.56. The van der Waals surface area contributed by atoms with Crippen LogP contribution in [0.25, 0.3) is 11.0 Å². The first-order chi connectivity index (χ1) is 29.7. The maximum atomic E-state index is 13.9. The van der Waals surface area contributed by atoms with Gasteiger partial charge in [0.05, 0.1) is 16.7 Å². The third-order valence-electron chi connectivity index (χ3n) is 14.3. The smallest absolute Gasteiger partial charge is 0.268 e. The highest BCUT2D eigenvalue weighted by molar-refractivity contribution is 7.90. The average Bonchev–Trinajstić information content (AvgIpc) is 3.82. The monoisotopic (exact) mass is 842 g/mol. The molecule has 5 aliphatic rings. The molecule has 10 rings (SSSR count). The average molecular weight is 843 g/mol. The standard InChI is InChI=1S/C49H58N6O5S/c1-33-25-41(11-13-44(33)51-31-34-15-23-59-24-16-34)61(57,58)53-48(56)43-12-10-38(28-46(43)60-40-27-37-14-19-50-47(37)52-32-40)54-21-17-49(18-22-54)29-35(30-49)26-39-5-4-20-55(39)45-7-3-2-6-42(45)36-8-9-36/h2-3,6-7,10-14,19,25,27-28,32,34-36,39,51H,4-5,8-9,15-18,20-24,26,29-31H2,1H3,(H,50,52)(H,53,56). The zero-order valence-corrected chi connectivity index (χ0v) is 36.0. The van der Waals surface area contributed by atoms with Gasteiger partial charge in [0, 0.05) is 80.1 Å². The highest BCUT2D eigenvalue weighted by atomic mass is 32.2. The number of aromatic nitrogens is 2. The van der Waals surface area contributed by atoms with Crippen LogP contribution in [0.4, 0.5) is 17.1 Å². The molecule has 1 unspecified atom stereocenters. The number of amides is 1. The number of H-pyrrole nitrogens is 1. The summed E-state index contributed by atoms with van der Waals surface area (Å²) >= 11 is 0. The highest BCUT2D eigenvalue weighted by Crippen LogP contribution is 2.55. The Morgan fingerprint density at radius 2 is 1.75 bits per heavy atom. The topological polar surface area (TPSA) is 129 Å². The molecule has 5 fully saturated rings. The minimum absolute atomic E-state index is 0.0242. The summed E-state index contributed by atoms with van der Waals surface area (Å²) in [4.78, 5) is 26.7. The van der Waals surface area contributed by atoms with Crippen molar-refractivity contribution in [2.45, 2.75) is 94.4 Å². The van der Waals surface area contributed by atoms with Crippen LogP contribution in [0.15, 0.2) is 90.1 Å². The molecule has 5 heterocycles. The van der Waals surface area contributed by atoms with E-state index in [0.29, 0.717) is 23.1 Å². The number of aromatic amines is 1. The fourth-order valence-electron chi connectivity index (χ4n) is 10.8. The lowest BCUT2D eigenvalue weighted by Crippen LogP contribution is -2.48. The number of fused-ring (bicyclic) bond motifs is 1. The van der Waals surface area contributed by atoms with Crippen molar-refractivity contribution in [2.75, 3.05) is 54.5 Å². The van der Waals surface area contributed by atoms with Crippen LogP contribution in [0.3, 0.4) is 0 Å². The number of nitrogens with one attached hydrogen (secondary N) is 3. The maximum absolute atomic E-state index is 13.9. The second kappa shape index (κ2) is 16.7. The Hall–Kier alpha value is -5.07. The lowest BCUT2D eigenvalue weighted by Gasteiger charge is -2.53. The van der Waals surface area contributed by atoms with Crippen molar-refractivity contribution in [1.29, 1.82) is 0 Å². The molecule has 2 saturated carbocycles. The minimum Gasteiger partial charge on any atom is -0.455 e. The van der Waals surface area contributed by atoms with Crippen molar-refractivity contribution in [3.63, 3.8) is 0 Å². The summed E-state index contributed by atoms with van der Waals surface area (Å²) in [6, 6.07) is 24.0. The Kier molecular flexibility index (Phi) is 10.9. The summed E-state index contributed by atoms with van der Waals surface area (Å²) in [6.07, 6.45) is 16.9. The van der Waals surface area contributed by atoms with Gasteiger partial charge in [-0.3, -0.25) is 4.79 Å². The Bertz CT molecular complexity index is 2500. The quantitative estimate of drug-likeness (QED) is 0.106. The number of aryl methyl sites for hydroxylation is 1. The van der Waals surface area contributed by atoms with Crippen molar-refractivity contribution >= 4 is 44.0 Å². The summed E-state index contributed by atoms with van der Waals surface area (Å²) in [6.45, 7) is 7.24.